The first kappa shape index (κ1) is 32.7. The fourth-order valence-corrected chi connectivity index (χ4v) is 14.6. The second kappa shape index (κ2) is 12.0. The van der Waals surface area contributed by atoms with Gasteiger partial charge in [0.05, 0.1) is 44.3 Å². The number of hydrogen-bond acceptors (Lipinski definition) is 8. The van der Waals surface area contributed by atoms with Crippen molar-refractivity contribution in [2.24, 2.45) is 0 Å². The monoisotopic (exact) mass is 766 g/mol. The molecular formula is C44H22N4O2S4. The number of fused-ring (bicyclic) bond motifs is 11. The Morgan fingerprint density at radius 1 is 0.667 bits per heavy atom. The Balaban J connectivity index is 1.11. The van der Waals surface area contributed by atoms with Crippen LogP contribution < -0.4 is 0 Å². The lowest BCUT2D eigenvalue weighted by Crippen LogP contribution is -2.27. The van der Waals surface area contributed by atoms with Crippen molar-refractivity contribution in [3.8, 4) is 21.9 Å². The number of thiophene rings is 4. The third-order valence-corrected chi connectivity index (χ3v) is 16.1. The van der Waals surface area contributed by atoms with E-state index in [0.717, 1.165) is 40.1 Å². The first-order valence-corrected chi connectivity index (χ1v) is 20.6. The Kier molecular flexibility index (Phi) is 7.27. The molecule has 0 unspecified atom stereocenters. The summed E-state index contributed by atoms with van der Waals surface area (Å²) in [7, 11) is 0. The van der Waals surface area contributed by atoms with Gasteiger partial charge < -0.3 is 0 Å². The topological polar surface area (TPSA) is 90.4 Å². The van der Waals surface area contributed by atoms with E-state index in [-0.39, 0.29) is 28.4 Å². The first-order valence-electron chi connectivity index (χ1n) is 17.3. The highest BCUT2D eigenvalue weighted by Crippen LogP contribution is 2.65. The van der Waals surface area contributed by atoms with Gasteiger partial charge >= 0.3 is 0 Å². The van der Waals surface area contributed by atoms with Crippen LogP contribution in [0.25, 0.3) is 61.5 Å². The minimum Gasteiger partial charge on any atom is -0.289 e. The molecule has 10 rings (SSSR count). The van der Waals surface area contributed by atoms with Gasteiger partial charge in [0, 0.05) is 63.7 Å². The van der Waals surface area contributed by atoms with Crippen molar-refractivity contribution in [2.75, 3.05) is 0 Å². The third kappa shape index (κ3) is 4.37. The van der Waals surface area contributed by atoms with Crippen LogP contribution in [0, 0.1) is 35.8 Å². The van der Waals surface area contributed by atoms with Crippen LogP contribution >= 0.6 is 45.3 Å². The molecule has 1 spiro atoms. The van der Waals surface area contributed by atoms with Crippen molar-refractivity contribution >= 4 is 99.0 Å². The predicted octanol–water partition coefficient (Wildman–Crippen LogP) is 12.3. The molecule has 4 aromatic heterocycles. The van der Waals surface area contributed by atoms with E-state index in [1.54, 1.807) is 46.9 Å². The Labute approximate surface area is 325 Å². The number of carbonyl (C=O) groups is 2. The third-order valence-electron chi connectivity index (χ3n) is 11.1. The molecule has 0 aliphatic heterocycles. The lowest BCUT2D eigenvalue weighted by molar-refractivity contribution is 0.103. The smallest absolute Gasteiger partial charge is 0.270 e. The van der Waals surface area contributed by atoms with Crippen LogP contribution in [0.2, 0.25) is 0 Å². The summed E-state index contributed by atoms with van der Waals surface area (Å²) in [6.45, 7) is 15.3. The molecular weight excluding hydrogens is 745 g/mol. The average Bonchev–Trinajstić information content (AvgIpc) is 4.05. The van der Waals surface area contributed by atoms with Crippen LogP contribution in [-0.2, 0) is 5.41 Å². The SMILES string of the molecule is [C-]#[N+]C(C#N)=C1/C(=C\c2cc3sc4c5c(sc4c3s2)-c2sc(/C=C3\C(=O)c4ccccc4\C3=C(\C#N)[N+]#[C-])cc2C52CCCCC2)C(=O)c2ccccc21. The van der Waals surface area contributed by atoms with Gasteiger partial charge in [-0.1, -0.05) is 67.8 Å². The second-order valence-corrected chi connectivity index (χ2v) is 17.9. The lowest BCUT2D eigenvalue weighted by Gasteiger charge is -2.35. The number of nitrogens with zero attached hydrogens (tertiary/aromatic N) is 4. The van der Waals surface area contributed by atoms with Gasteiger partial charge in [0.15, 0.2) is 11.6 Å². The maximum Gasteiger partial charge on any atom is 0.270 e. The minimum absolute atomic E-state index is 0.0749. The molecule has 10 heteroatoms. The van der Waals surface area contributed by atoms with Crippen molar-refractivity contribution in [2.45, 2.75) is 37.5 Å². The molecule has 0 amide bonds. The molecule has 254 valence electrons. The zero-order valence-electron chi connectivity index (χ0n) is 28.2. The number of hydrogen-bond donors (Lipinski definition) is 0. The fourth-order valence-electron chi connectivity index (χ4n) is 8.83. The van der Waals surface area contributed by atoms with Gasteiger partial charge in [0.2, 0.25) is 0 Å². The lowest BCUT2D eigenvalue weighted by atomic mass is 9.68. The summed E-state index contributed by atoms with van der Waals surface area (Å²) in [6, 6.07) is 22.8. The zero-order valence-corrected chi connectivity index (χ0v) is 31.5. The van der Waals surface area contributed by atoms with Crippen LogP contribution in [0.1, 0.15) is 84.8 Å². The van der Waals surface area contributed by atoms with Crippen molar-refractivity contribution in [1.29, 1.82) is 10.5 Å². The standard InChI is InChI=1S/C44H22N4O2S4/c1-47-31(20-45)34-24-10-4-6-12-26(24)37(49)28(34)16-22-18-30-39(51-22)41-36(44(30)14-8-3-9-15-44)42-43(54-41)40-33(53-42)19-23(52-40)17-29-35(32(21-46)48-2)25-11-5-7-13-27(25)38(29)50/h4-7,10-13,16-19H,3,8-9,14-15H2/b28-16-,29-17+,34-31+,35-32?. The molecule has 6 aromatic rings. The van der Waals surface area contributed by atoms with Crippen LogP contribution in [0.5, 0.6) is 0 Å². The molecule has 0 bridgehead atoms. The average molecular weight is 767 g/mol. The zero-order chi connectivity index (χ0) is 36.9. The van der Waals surface area contributed by atoms with Gasteiger partial charge in [-0.05, 0) is 53.8 Å². The molecule has 54 heavy (non-hydrogen) atoms. The minimum atomic E-state index is -0.173. The molecule has 4 heterocycles. The predicted molar refractivity (Wildman–Crippen MR) is 218 cm³/mol. The number of benzene rings is 2. The molecule has 1 fully saturated rings. The van der Waals surface area contributed by atoms with Gasteiger partial charge in [-0.3, -0.25) is 9.59 Å². The number of rotatable bonds is 2. The number of Topliss-reactive ketones (excluding diaryl/α,β-unsaturated/α-hetero) is 2. The summed E-state index contributed by atoms with van der Waals surface area (Å²) in [4.78, 5) is 38.7. The van der Waals surface area contributed by atoms with Crippen LogP contribution in [-0.4, -0.2) is 11.6 Å². The summed E-state index contributed by atoms with van der Waals surface area (Å²) in [5.74, 6) is -0.335. The Bertz CT molecular complexity index is 3030. The van der Waals surface area contributed by atoms with E-state index in [4.69, 9.17) is 13.1 Å². The number of ketones is 2. The molecule has 0 radical (unpaired) electrons. The van der Waals surface area contributed by atoms with Crippen molar-refractivity contribution in [1.82, 2.24) is 0 Å². The summed E-state index contributed by atoms with van der Waals surface area (Å²) in [5.41, 5.74) is 6.39. The van der Waals surface area contributed by atoms with Gasteiger partial charge in [-0.2, -0.15) is 0 Å². The number of allylic oxidation sites excluding steroid dienone is 6. The largest absolute Gasteiger partial charge is 0.289 e. The van der Waals surface area contributed by atoms with Crippen molar-refractivity contribution < 1.29 is 9.59 Å². The van der Waals surface area contributed by atoms with Gasteiger partial charge in [0.25, 0.3) is 11.4 Å². The van der Waals surface area contributed by atoms with Crippen LogP contribution in [0.3, 0.4) is 0 Å². The van der Waals surface area contributed by atoms with E-state index in [9.17, 15) is 20.1 Å². The molecule has 4 aliphatic carbocycles. The Morgan fingerprint density at radius 3 is 1.78 bits per heavy atom. The van der Waals surface area contributed by atoms with E-state index < -0.39 is 0 Å². The summed E-state index contributed by atoms with van der Waals surface area (Å²) < 4.78 is 4.91. The molecule has 0 saturated heterocycles. The van der Waals surface area contributed by atoms with E-state index in [0.29, 0.717) is 44.5 Å². The van der Waals surface area contributed by atoms with E-state index in [1.165, 1.54) is 41.4 Å². The number of nitriles is 2. The van der Waals surface area contributed by atoms with E-state index in [2.05, 4.69) is 21.8 Å². The quantitative estimate of drug-likeness (QED) is 0.0997. The molecule has 0 atom stereocenters. The summed E-state index contributed by atoms with van der Waals surface area (Å²) >= 11 is 6.96. The Hall–Kier alpha value is -5.98. The maximum atomic E-state index is 13.7. The first-order chi connectivity index (χ1) is 26.4. The van der Waals surface area contributed by atoms with Crippen molar-refractivity contribution in [3.05, 3.63) is 149 Å². The highest BCUT2D eigenvalue weighted by molar-refractivity contribution is 7.40. The summed E-state index contributed by atoms with van der Waals surface area (Å²) in [6.07, 6.45) is 9.33. The van der Waals surface area contributed by atoms with Gasteiger partial charge in [-0.15, -0.1) is 45.3 Å². The van der Waals surface area contributed by atoms with E-state index >= 15 is 0 Å². The van der Waals surface area contributed by atoms with Gasteiger partial charge in [-0.25, -0.2) is 20.2 Å². The van der Waals surface area contributed by atoms with Crippen LogP contribution in [0.4, 0.5) is 0 Å². The fraction of sp³-hybridized carbons (Fsp3) is 0.136. The highest BCUT2D eigenvalue weighted by Gasteiger charge is 2.48. The van der Waals surface area contributed by atoms with E-state index in [1.807, 2.05) is 71.2 Å². The summed E-state index contributed by atoms with van der Waals surface area (Å²) in [5, 5.41) is 19.6. The van der Waals surface area contributed by atoms with Gasteiger partial charge in [0.1, 0.15) is 0 Å². The molecule has 2 aromatic carbocycles. The molecule has 1 saturated carbocycles. The second-order valence-electron chi connectivity index (χ2n) is 13.7. The highest BCUT2D eigenvalue weighted by atomic mass is 32.1. The van der Waals surface area contributed by atoms with Crippen LogP contribution in [0.15, 0.2) is 83.2 Å². The normalized spacial score (nSPS) is 19.8. The van der Waals surface area contributed by atoms with Crippen molar-refractivity contribution in [3.63, 3.8) is 0 Å². The molecule has 4 aliphatic rings. The molecule has 6 nitrogen and oxygen atoms in total. The maximum absolute atomic E-state index is 13.7. The molecule has 0 N–H and O–H groups in total. The Morgan fingerprint density at radius 2 is 1.22 bits per heavy atom. The number of carbonyl (C=O) groups excluding carboxylic acids is 2.